The molecule has 120 valence electrons. The van der Waals surface area contributed by atoms with E-state index in [1.807, 2.05) is 18.2 Å². The van der Waals surface area contributed by atoms with Crippen molar-refractivity contribution < 1.29 is 9.53 Å². The number of methoxy groups -OCH3 is 1. The third kappa shape index (κ3) is 4.07. The van der Waals surface area contributed by atoms with E-state index in [2.05, 4.69) is 38.2 Å². The summed E-state index contributed by atoms with van der Waals surface area (Å²) in [6, 6.07) is 10.4. The van der Waals surface area contributed by atoms with Gasteiger partial charge in [0.1, 0.15) is 0 Å². The third-order valence-electron chi connectivity index (χ3n) is 4.17. The molecule has 0 unspecified atom stereocenters. The summed E-state index contributed by atoms with van der Waals surface area (Å²) < 4.78 is 5.00. The lowest BCUT2D eigenvalue weighted by atomic mass is 9.94. The van der Waals surface area contributed by atoms with Crippen molar-refractivity contribution in [2.45, 2.75) is 45.1 Å². The molecule has 0 bridgehead atoms. The summed E-state index contributed by atoms with van der Waals surface area (Å²) in [6.45, 7) is 6.24. The lowest BCUT2D eigenvalue weighted by molar-refractivity contribution is -0.145. The maximum Gasteiger partial charge on any atom is 0.309 e. The maximum atomic E-state index is 12.2. The molecular weight excluding hydrogens is 294 g/mol. The third-order valence-corrected chi connectivity index (χ3v) is 4.58. The zero-order chi connectivity index (χ0) is 16.3. The molecule has 1 saturated carbocycles. The molecule has 0 saturated heterocycles. The van der Waals surface area contributed by atoms with E-state index in [0.29, 0.717) is 5.92 Å². The van der Waals surface area contributed by atoms with E-state index in [1.165, 1.54) is 12.7 Å². The molecule has 0 aliphatic heterocycles. The second-order valence-electron chi connectivity index (χ2n) is 7.05. The highest BCUT2D eigenvalue weighted by molar-refractivity contribution is 7.80. The van der Waals surface area contributed by atoms with Gasteiger partial charge in [-0.2, -0.15) is 0 Å². The minimum atomic E-state index is -0.155. The zero-order valence-corrected chi connectivity index (χ0v) is 14.6. The number of carbonyl (C=O) groups excluding carboxylic acids is 1. The molecule has 2 rings (SSSR count). The van der Waals surface area contributed by atoms with Crippen LogP contribution >= 0.6 is 12.2 Å². The summed E-state index contributed by atoms with van der Waals surface area (Å²) in [5.41, 5.74) is 1.18. The molecule has 0 radical (unpaired) electrons. The predicted molar refractivity (Wildman–Crippen MR) is 92.9 cm³/mol. The Kier molecular flexibility index (Phi) is 5.22. The smallest absolute Gasteiger partial charge is 0.309 e. The molecule has 1 aliphatic rings. The van der Waals surface area contributed by atoms with Gasteiger partial charge < -0.3 is 10.1 Å². The van der Waals surface area contributed by atoms with Gasteiger partial charge >= 0.3 is 5.97 Å². The van der Waals surface area contributed by atoms with Crippen molar-refractivity contribution in [1.82, 2.24) is 5.32 Å². The standard InChI is InChI=1S/C18H25NO2S/c1-18(2,3)19-16(22)14-10-13(11-15(14)17(20)21-4)12-8-6-5-7-9-12/h5-9,13-15H,10-11H2,1-4H3,(H,19,22)/t13-,14+,15+/m0/s1. The molecule has 4 heteroatoms. The van der Waals surface area contributed by atoms with Crippen LogP contribution in [-0.4, -0.2) is 23.6 Å². The second kappa shape index (κ2) is 6.78. The van der Waals surface area contributed by atoms with Crippen molar-refractivity contribution in [2.24, 2.45) is 11.8 Å². The molecule has 3 nitrogen and oxygen atoms in total. The lowest BCUT2D eigenvalue weighted by Gasteiger charge is -2.27. The highest BCUT2D eigenvalue weighted by Gasteiger charge is 2.42. The SMILES string of the molecule is COC(=O)[C@@H]1C[C@@H](c2ccccc2)C[C@H]1C(=S)NC(C)(C)C. The van der Waals surface area contributed by atoms with Gasteiger partial charge in [0.2, 0.25) is 0 Å². The van der Waals surface area contributed by atoms with Crippen LogP contribution in [0.2, 0.25) is 0 Å². The largest absolute Gasteiger partial charge is 0.469 e. The minimum Gasteiger partial charge on any atom is -0.469 e. The molecule has 0 aromatic heterocycles. The van der Waals surface area contributed by atoms with Crippen LogP contribution in [-0.2, 0) is 9.53 Å². The van der Waals surface area contributed by atoms with Crippen LogP contribution in [0.4, 0.5) is 0 Å². The van der Waals surface area contributed by atoms with Gasteiger partial charge in [-0.1, -0.05) is 42.5 Å². The van der Waals surface area contributed by atoms with E-state index in [-0.39, 0.29) is 23.3 Å². The molecule has 0 heterocycles. The van der Waals surface area contributed by atoms with Gasteiger partial charge in [-0.05, 0) is 45.1 Å². The van der Waals surface area contributed by atoms with Crippen LogP contribution in [0.25, 0.3) is 0 Å². The van der Waals surface area contributed by atoms with Gasteiger partial charge in [0.15, 0.2) is 0 Å². The van der Waals surface area contributed by atoms with Crippen LogP contribution in [0.15, 0.2) is 30.3 Å². The summed E-state index contributed by atoms with van der Waals surface area (Å²) in [6.07, 6.45) is 1.69. The van der Waals surface area contributed by atoms with E-state index in [4.69, 9.17) is 17.0 Å². The van der Waals surface area contributed by atoms with Gasteiger partial charge in [0, 0.05) is 11.5 Å². The molecule has 3 atom stereocenters. The van der Waals surface area contributed by atoms with Crippen LogP contribution in [0.1, 0.15) is 45.1 Å². The summed E-state index contributed by atoms with van der Waals surface area (Å²) in [7, 11) is 1.45. The number of ether oxygens (including phenoxy) is 1. The van der Waals surface area contributed by atoms with E-state index in [1.54, 1.807) is 0 Å². The molecular formula is C18H25NO2S. The van der Waals surface area contributed by atoms with Gasteiger partial charge in [-0.15, -0.1) is 0 Å². The molecule has 1 N–H and O–H groups in total. The fraction of sp³-hybridized carbons (Fsp3) is 0.556. The highest BCUT2D eigenvalue weighted by Crippen LogP contribution is 2.43. The van der Waals surface area contributed by atoms with Crippen LogP contribution in [0.5, 0.6) is 0 Å². The number of carbonyl (C=O) groups is 1. The van der Waals surface area contributed by atoms with Crippen molar-refractivity contribution in [3.05, 3.63) is 35.9 Å². The van der Waals surface area contributed by atoms with Crippen molar-refractivity contribution in [3.8, 4) is 0 Å². The topological polar surface area (TPSA) is 38.3 Å². The Morgan fingerprint density at radius 2 is 1.77 bits per heavy atom. The average molecular weight is 319 g/mol. The first kappa shape index (κ1) is 16.9. The number of rotatable bonds is 3. The van der Waals surface area contributed by atoms with E-state index in [9.17, 15) is 4.79 Å². The van der Waals surface area contributed by atoms with Crippen molar-refractivity contribution in [1.29, 1.82) is 0 Å². The number of nitrogens with one attached hydrogen (secondary N) is 1. The Bertz CT molecular complexity index is 536. The second-order valence-corrected chi connectivity index (χ2v) is 7.49. The molecule has 1 fully saturated rings. The Morgan fingerprint density at radius 3 is 2.32 bits per heavy atom. The van der Waals surface area contributed by atoms with Crippen LogP contribution in [0, 0.1) is 11.8 Å². The first-order valence-corrected chi connectivity index (χ1v) is 8.17. The van der Waals surface area contributed by atoms with E-state index >= 15 is 0 Å². The normalized spacial score (nSPS) is 24.8. The van der Waals surface area contributed by atoms with Crippen LogP contribution < -0.4 is 5.32 Å². The number of esters is 1. The zero-order valence-electron chi connectivity index (χ0n) is 13.8. The van der Waals surface area contributed by atoms with E-state index < -0.39 is 0 Å². The molecule has 1 aliphatic carbocycles. The molecule has 1 aromatic rings. The van der Waals surface area contributed by atoms with Gasteiger partial charge in [-0.25, -0.2) is 0 Å². The highest BCUT2D eigenvalue weighted by atomic mass is 32.1. The Hall–Kier alpha value is -1.42. The molecule has 0 spiro atoms. The first-order valence-electron chi connectivity index (χ1n) is 7.76. The average Bonchev–Trinajstić information content (AvgIpc) is 2.91. The summed E-state index contributed by atoms with van der Waals surface area (Å²) in [5.74, 6) is 0.0981. The molecule has 22 heavy (non-hydrogen) atoms. The summed E-state index contributed by atoms with van der Waals surface area (Å²) in [5, 5.41) is 3.37. The van der Waals surface area contributed by atoms with Gasteiger partial charge in [0.25, 0.3) is 0 Å². The van der Waals surface area contributed by atoms with Crippen molar-refractivity contribution >= 4 is 23.2 Å². The summed E-state index contributed by atoms with van der Waals surface area (Å²) >= 11 is 5.59. The van der Waals surface area contributed by atoms with Crippen molar-refractivity contribution in [3.63, 3.8) is 0 Å². The maximum absolute atomic E-state index is 12.2. The Morgan fingerprint density at radius 1 is 1.18 bits per heavy atom. The van der Waals surface area contributed by atoms with Gasteiger partial charge in [0.05, 0.1) is 18.0 Å². The monoisotopic (exact) mass is 319 g/mol. The number of thiocarbonyl (C=S) groups is 1. The predicted octanol–water partition coefficient (Wildman–Crippen LogP) is 3.68. The fourth-order valence-electron chi connectivity index (χ4n) is 3.20. The van der Waals surface area contributed by atoms with Crippen LogP contribution in [0.3, 0.4) is 0 Å². The minimum absolute atomic E-state index is 0.0480. The number of hydrogen-bond acceptors (Lipinski definition) is 3. The number of benzene rings is 1. The molecule has 0 amide bonds. The molecule has 1 aromatic carbocycles. The Labute approximate surface area is 138 Å². The van der Waals surface area contributed by atoms with Crippen molar-refractivity contribution in [2.75, 3.05) is 7.11 Å². The lowest BCUT2D eigenvalue weighted by Crippen LogP contribution is -2.44. The number of hydrogen-bond donors (Lipinski definition) is 1. The quantitative estimate of drug-likeness (QED) is 0.681. The summed E-state index contributed by atoms with van der Waals surface area (Å²) in [4.78, 5) is 12.9. The van der Waals surface area contributed by atoms with E-state index in [0.717, 1.165) is 17.8 Å². The Balaban J connectivity index is 2.19. The first-order chi connectivity index (χ1) is 10.3. The fourth-order valence-corrected chi connectivity index (χ4v) is 3.77. The van der Waals surface area contributed by atoms with Gasteiger partial charge in [-0.3, -0.25) is 4.79 Å².